The van der Waals surface area contributed by atoms with Crippen LogP contribution in [0.3, 0.4) is 0 Å². The van der Waals surface area contributed by atoms with Gasteiger partial charge < -0.3 is 4.42 Å². The molecule has 0 aliphatic carbocycles. The van der Waals surface area contributed by atoms with Crippen LogP contribution in [-0.2, 0) is 13.5 Å². The molecule has 0 atom stereocenters. The minimum Gasteiger partial charge on any atom is -0.437 e. The summed E-state index contributed by atoms with van der Waals surface area (Å²) in [6.45, 7) is 8.99. The zero-order valence-electron chi connectivity index (χ0n) is 19.4. The standard InChI is InChI=1S/C29H29N2O/c1-19-11-12-22-23-13-14-24(21-9-7-6-8-10-21)30-28(23)32-27(22)26(19)25-17-20(15-16-31(25)5)18-29(2,3)4/h6-17H,18H2,1-5H3/q+1. The van der Waals surface area contributed by atoms with Crippen LogP contribution in [0, 0.1) is 12.3 Å². The lowest BCUT2D eigenvalue weighted by Gasteiger charge is -2.18. The Labute approximate surface area is 189 Å². The molecule has 0 fully saturated rings. The molecular weight excluding hydrogens is 392 g/mol. The zero-order valence-corrected chi connectivity index (χ0v) is 19.4. The summed E-state index contributed by atoms with van der Waals surface area (Å²) in [4.78, 5) is 4.86. The summed E-state index contributed by atoms with van der Waals surface area (Å²) in [5.74, 6) is 0. The highest BCUT2D eigenvalue weighted by molar-refractivity contribution is 6.09. The molecule has 0 spiro atoms. The Morgan fingerprint density at radius 2 is 1.66 bits per heavy atom. The monoisotopic (exact) mass is 421 g/mol. The summed E-state index contributed by atoms with van der Waals surface area (Å²) in [6.07, 6.45) is 3.18. The number of rotatable bonds is 3. The highest BCUT2D eigenvalue weighted by Crippen LogP contribution is 2.37. The Morgan fingerprint density at radius 3 is 2.41 bits per heavy atom. The molecule has 0 N–H and O–H groups in total. The Balaban J connectivity index is 1.72. The fourth-order valence-electron chi connectivity index (χ4n) is 4.49. The second-order valence-electron chi connectivity index (χ2n) is 9.92. The van der Waals surface area contributed by atoms with Crippen molar-refractivity contribution in [3.63, 3.8) is 0 Å². The number of aryl methyl sites for hydroxylation is 2. The number of aromatic nitrogens is 2. The van der Waals surface area contributed by atoms with E-state index in [1.807, 2.05) is 18.2 Å². The van der Waals surface area contributed by atoms with E-state index >= 15 is 0 Å². The third-order valence-electron chi connectivity index (χ3n) is 5.99. The average Bonchev–Trinajstić information content (AvgIpc) is 3.12. The number of nitrogens with zero attached hydrogens (tertiary/aromatic N) is 2. The molecule has 0 radical (unpaired) electrons. The van der Waals surface area contributed by atoms with Gasteiger partial charge in [0.05, 0.1) is 11.3 Å². The predicted molar refractivity (Wildman–Crippen MR) is 131 cm³/mol. The number of hydrogen-bond acceptors (Lipinski definition) is 2. The fraction of sp³-hybridized carbons (Fsp3) is 0.241. The minimum atomic E-state index is 0.232. The first kappa shape index (κ1) is 20.4. The van der Waals surface area contributed by atoms with Crippen molar-refractivity contribution in [2.75, 3.05) is 0 Å². The molecule has 160 valence electrons. The van der Waals surface area contributed by atoms with Crippen LogP contribution in [0.5, 0.6) is 0 Å². The summed E-state index contributed by atoms with van der Waals surface area (Å²) in [7, 11) is 2.10. The van der Waals surface area contributed by atoms with E-state index in [9.17, 15) is 0 Å². The van der Waals surface area contributed by atoms with Crippen LogP contribution in [0.25, 0.3) is 44.6 Å². The first-order chi connectivity index (χ1) is 15.3. The summed E-state index contributed by atoms with van der Waals surface area (Å²) in [5, 5.41) is 2.16. The van der Waals surface area contributed by atoms with Crippen molar-refractivity contribution in [1.82, 2.24) is 4.98 Å². The number of fused-ring (bicyclic) bond motifs is 3. The maximum Gasteiger partial charge on any atom is 0.227 e. The van der Waals surface area contributed by atoms with Crippen LogP contribution in [0.4, 0.5) is 0 Å². The largest absolute Gasteiger partial charge is 0.437 e. The number of furan rings is 1. The van der Waals surface area contributed by atoms with Crippen molar-refractivity contribution >= 4 is 22.1 Å². The van der Waals surface area contributed by atoms with E-state index in [4.69, 9.17) is 9.40 Å². The summed E-state index contributed by atoms with van der Waals surface area (Å²) in [6, 6.07) is 23.3. The average molecular weight is 422 g/mol. The van der Waals surface area contributed by atoms with Crippen molar-refractivity contribution in [2.24, 2.45) is 12.5 Å². The van der Waals surface area contributed by atoms with Gasteiger partial charge in [0.2, 0.25) is 11.4 Å². The van der Waals surface area contributed by atoms with Crippen LogP contribution in [-0.4, -0.2) is 4.98 Å². The van der Waals surface area contributed by atoms with E-state index in [0.717, 1.165) is 45.3 Å². The summed E-state index contributed by atoms with van der Waals surface area (Å²) in [5.41, 5.74) is 8.67. The number of hydrogen-bond donors (Lipinski definition) is 0. The fourth-order valence-corrected chi connectivity index (χ4v) is 4.49. The summed E-state index contributed by atoms with van der Waals surface area (Å²) < 4.78 is 8.64. The molecule has 3 aromatic heterocycles. The van der Waals surface area contributed by atoms with Crippen LogP contribution >= 0.6 is 0 Å². The van der Waals surface area contributed by atoms with Crippen LogP contribution in [0.1, 0.15) is 31.9 Å². The molecule has 0 aliphatic rings. The molecule has 0 unspecified atom stereocenters. The van der Waals surface area contributed by atoms with Gasteiger partial charge in [0.1, 0.15) is 7.05 Å². The van der Waals surface area contributed by atoms with Gasteiger partial charge in [0, 0.05) is 28.5 Å². The maximum absolute atomic E-state index is 6.45. The Morgan fingerprint density at radius 1 is 0.906 bits per heavy atom. The first-order valence-corrected chi connectivity index (χ1v) is 11.2. The first-order valence-electron chi connectivity index (χ1n) is 11.2. The molecule has 3 nitrogen and oxygen atoms in total. The quantitative estimate of drug-likeness (QED) is 0.293. The van der Waals surface area contributed by atoms with Gasteiger partial charge in [-0.25, -0.2) is 9.55 Å². The van der Waals surface area contributed by atoms with Gasteiger partial charge in [-0.2, -0.15) is 0 Å². The lowest BCUT2D eigenvalue weighted by Crippen LogP contribution is -2.31. The van der Waals surface area contributed by atoms with Crippen molar-refractivity contribution in [2.45, 2.75) is 34.1 Å². The van der Waals surface area contributed by atoms with Gasteiger partial charge >= 0.3 is 0 Å². The van der Waals surface area contributed by atoms with E-state index in [1.54, 1.807) is 0 Å². The third-order valence-corrected chi connectivity index (χ3v) is 5.99. The van der Waals surface area contributed by atoms with Gasteiger partial charge in [-0.3, -0.25) is 0 Å². The number of pyridine rings is 2. The zero-order chi connectivity index (χ0) is 22.5. The molecule has 0 saturated heterocycles. The third kappa shape index (κ3) is 3.69. The van der Waals surface area contributed by atoms with Gasteiger partial charge in [-0.1, -0.05) is 63.2 Å². The molecule has 0 amide bonds. The van der Waals surface area contributed by atoms with Gasteiger partial charge in [-0.05, 0) is 42.0 Å². The normalized spacial score (nSPS) is 12.0. The molecule has 3 heterocycles. The van der Waals surface area contributed by atoms with E-state index in [2.05, 4.69) is 94.0 Å². The molecule has 0 aliphatic heterocycles. The van der Waals surface area contributed by atoms with E-state index in [-0.39, 0.29) is 5.41 Å². The highest BCUT2D eigenvalue weighted by atomic mass is 16.3. The van der Waals surface area contributed by atoms with Crippen LogP contribution in [0.2, 0.25) is 0 Å². The SMILES string of the molecule is Cc1ccc2c(oc3nc(-c4ccccc4)ccc32)c1-c1cc(CC(C)(C)C)cc[n+]1C. The smallest absolute Gasteiger partial charge is 0.227 e. The van der Waals surface area contributed by atoms with Crippen LogP contribution in [0.15, 0.2) is 77.3 Å². The Hall–Kier alpha value is -3.46. The Bertz CT molecular complexity index is 1440. The van der Waals surface area contributed by atoms with Crippen molar-refractivity contribution in [3.05, 3.63) is 84.1 Å². The van der Waals surface area contributed by atoms with E-state index in [0.29, 0.717) is 5.71 Å². The van der Waals surface area contributed by atoms with Crippen molar-refractivity contribution < 1.29 is 8.98 Å². The lowest BCUT2D eigenvalue weighted by atomic mass is 9.88. The van der Waals surface area contributed by atoms with Crippen molar-refractivity contribution in [1.29, 1.82) is 0 Å². The van der Waals surface area contributed by atoms with Gasteiger partial charge in [-0.15, -0.1) is 0 Å². The molecule has 3 heteroatoms. The molecular formula is C29H29N2O+. The van der Waals surface area contributed by atoms with Gasteiger partial charge in [0.15, 0.2) is 11.8 Å². The highest BCUT2D eigenvalue weighted by Gasteiger charge is 2.22. The molecule has 0 saturated carbocycles. The van der Waals surface area contributed by atoms with Gasteiger partial charge in [0.25, 0.3) is 0 Å². The molecule has 5 rings (SSSR count). The number of benzene rings is 2. The molecule has 0 bridgehead atoms. The van der Waals surface area contributed by atoms with E-state index in [1.165, 1.54) is 11.1 Å². The second kappa shape index (κ2) is 7.59. The topological polar surface area (TPSA) is 29.9 Å². The molecule has 2 aromatic carbocycles. The maximum atomic E-state index is 6.45. The lowest BCUT2D eigenvalue weighted by molar-refractivity contribution is -0.660. The van der Waals surface area contributed by atoms with Crippen LogP contribution < -0.4 is 4.57 Å². The predicted octanol–water partition coefficient (Wildman–Crippen LogP) is 7.04. The van der Waals surface area contributed by atoms with Crippen molar-refractivity contribution in [3.8, 4) is 22.5 Å². The van der Waals surface area contributed by atoms with E-state index < -0.39 is 0 Å². The Kier molecular flexibility index (Phi) is 4.85. The second-order valence-corrected chi connectivity index (χ2v) is 9.92. The molecule has 5 aromatic rings. The minimum absolute atomic E-state index is 0.232. The molecule has 32 heavy (non-hydrogen) atoms. The summed E-state index contributed by atoms with van der Waals surface area (Å²) >= 11 is 0.